The summed E-state index contributed by atoms with van der Waals surface area (Å²) in [4.78, 5) is 15.8. The van der Waals surface area contributed by atoms with Crippen molar-refractivity contribution in [2.24, 2.45) is 5.92 Å². The van der Waals surface area contributed by atoms with Crippen LogP contribution in [0.15, 0.2) is 18.2 Å². The third kappa shape index (κ3) is 3.51. The Morgan fingerprint density at radius 3 is 2.60 bits per heavy atom. The minimum atomic E-state index is -0.105. The van der Waals surface area contributed by atoms with Crippen LogP contribution in [0.3, 0.4) is 0 Å². The second kappa shape index (κ2) is 6.27. The summed E-state index contributed by atoms with van der Waals surface area (Å²) in [7, 11) is 4.21. The summed E-state index contributed by atoms with van der Waals surface area (Å²) >= 11 is 0. The van der Waals surface area contributed by atoms with Gasteiger partial charge in [-0.3, -0.25) is 4.79 Å². The zero-order valence-electron chi connectivity index (χ0n) is 12.6. The zero-order chi connectivity index (χ0) is 14.7. The zero-order valence-corrected chi connectivity index (χ0v) is 12.6. The van der Waals surface area contributed by atoms with Crippen LogP contribution in [0.5, 0.6) is 5.75 Å². The Morgan fingerprint density at radius 1 is 1.40 bits per heavy atom. The highest BCUT2D eigenvalue weighted by Gasteiger charge is 2.19. The summed E-state index contributed by atoms with van der Waals surface area (Å²) in [6.45, 7) is 4.78. The van der Waals surface area contributed by atoms with Crippen LogP contribution >= 0.6 is 0 Å². The Morgan fingerprint density at radius 2 is 2.05 bits per heavy atom. The average molecular weight is 276 g/mol. The van der Waals surface area contributed by atoms with Crippen molar-refractivity contribution in [3.63, 3.8) is 0 Å². The first-order chi connectivity index (χ1) is 9.47. The molecular weight excluding hydrogens is 252 g/mol. The van der Waals surface area contributed by atoms with Crippen molar-refractivity contribution in [2.45, 2.75) is 19.8 Å². The molecule has 0 bridgehead atoms. The van der Waals surface area contributed by atoms with Crippen LogP contribution in [0.25, 0.3) is 0 Å². The average Bonchev–Trinajstić information content (AvgIpc) is 2.40. The van der Waals surface area contributed by atoms with Gasteiger partial charge in [0.2, 0.25) is 0 Å². The van der Waals surface area contributed by atoms with Gasteiger partial charge < -0.3 is 14.9 Å². The highest BCUT2D eigenvalue weighted by atomic mass is 16.3. The summed E-state index contributed by atoms with van der Waals surface area (Å²) in [6.07, 6.45) is 2.44. The molecule has 0 spiro atoms. The number of Topliss-reactive ketones (excluding diaryl/α,β-unsaturated/α-hetero) is 1. The number of anilines is 1. The number of carbonyl (C=O) groups is 1. The quantitative estimate of drug-likeness (QED) is 0.858. The lowest BCUT2D eigenvalue weighted by atomic mass is 9.96. The van der Waals surface area contributed by atoms with E-state index >= 15 is 0 Å². The number of phenolic OH excluding ortho intramolecular Hbond substituents is 1. The highest BCUT2D eigenvalue weighted by Crippen LogP contribution is 2.26. The smallest absolute Gasteiger partial charge is 0.163 e. The number of rotatable bonds is 4. The van der Waals surface area contributed by atoms with Crippen molar-refractivity contribution in [2.75, 3.05) is 38.6 Å². The SMILES string of the molecule is CC(=O)c1ccc(N(C)CC2CCN(C)CC2)cc1O. The Hall–Kier alpha value is -1.55. The molecular formula is C16H24N2O2. The first-order valence-corrected chi connectivity index (χ1v) is 7.21. The number of ketones is 1. The van der Waals surface area contributed by atoms with E-state index in [1.54, 1.807) is 12.1 Å². The van der Waals surface area contributed by atoms with Gasteiger partial charge >= 0.3 is 0 Å². The molecule has 1 fully saturated rings. The van der Waals surface area contributed by atoms with Crippen molar-refractivity contribution < 1.29 is 9.90 Å². The number of hydrogen-bond donors (Lipinski definition) is 1. The van der Waals surface area contributed by atoms with Gasteiger partial charge in [-0.05, 0) is 58.0 Å². The van der Waals surface area contributed by atoms with E-state index in [0.717, 1.165) is 25.3 Å². The summed E-state index contributed by atoms with van der Waals surface area (Å²) in [5, 5.41) is 9.90. The second-order valence-electron chi connectivity index (χ2n) is 5.88. The van der Waals surface area contributed by atoms with Gasteiger partial charge in [-0.1, -0.05) is 0 Å². The fourth-order valence-electron chi connectivity index (χ4n) is 2.79. The molecule has 4 nitrogen and oxygen atoms in total. The molecule has 0 amide bonds. The van der Waals surface area contributed by atoms with Gasteiger partial charge in [0.15, 0.2) is 5.78 Å². The minimum Gasteiger partial charge on any atom is -0.507 e. The van der Waals surface area contributed by atoms with E-state index in [0.29, 0.717) is 11.5 Å². The van der Waals surface area contributed by atoms with Gasteiger partial charge in [0.25, 0.3) is 0 Å². The first-order valence-electron chi connectivity index (χ1n) is 7.21. The molecule has 1 N–H and O–H groups in total. The number of hydrogen-bond acceptors (Lipinski definition) is 4. The molecule has 4 heteroatoms. The fourth-order valence-corrected chi connectivity index (χ4v) is 2.79. The number of likely N-dealkylation sites (tertiary alicyclic amines) is 1. The Bertz CT molecular complexity index is 479. The van der Waals surface area contributed by atoms with Crippen LogP contribution in [-0.2, 0) is 0 Å². The minimum absolute atomic E-state index is 0.0743. The first kappa shape index (κ1) is 14.9. The highest BCUT2D eigenvalue weighted by molar-refractivity contribution is 5.97. The number of nitrogens with zero attached hydrogens (tertiary/aromatic N) is 2. The van der Waals surface area contributed by atoms with Crippen LogP contribution in [-0.4, -0.2) is 49.5 Å². The van der Waals surface area contributed by atoms with Crippen molar-refractivity contribution >= 4 is 11.5 Å². The van der Waals surface area contributed by atoms with Crippen molar-refractivity contribution in [3.05, 3.63) is 23.8 Å². The number of carbonyl (C=O) groups excluding carboxylic acids is 1. The summed E-state index contributed by atoms with van der Waals surface area (Å²) < 4.78 is 0. The normalized spacial score (nSPS) is 17.1. The molecule has 0 radical (unpaired) electrons. The van der Waals surface area contributed by atoms with Crippen LogP contribution in [0.4, 0.5) is 5.69 Å². The number of piperidine rings is 1. The Labute approximate surface area is 121 Å². The number of benzene rings is 1. The lowest BCUT2D eigenvalue weighted by molar-refractivity contribution is 0.101. The van der Waals surface area contributed by atoms with Gasteiger partial charge in [-0.15, -0.1) is 0 Å². The predicted molar refractivity (Wildman–Crippen MR) is 81.6 cm³/mol. The van der Waals surface area contributed by atoms with Gasteiger partial charge in [-0.2, -0.15) is 0 Å². The summed E-state index contributed by atoms with van der Waals surface area (Å²) in [6, 6.07) is 5.30. The van der Waals surface area contributed by atoms with Crippen LogP contribution in [0, 0.1) is 5.92 Å². The molecule has 0 atom stereocenters. The summed E-state index contributed by atoms with van der Waals surface area (Å²) in [5.41, 5.74) is 1.35. The molecule has 20 heavy (non-hydrogen) atoms. The number of aromatic hydroxyl groups is 1. The molecule has 1 aromatic rings. The molecule has 0 aromatic heterocycles. The maximum atomic E-state index is 11.3. The molecule has 110 valence electrons. The van der Waals surface area contributed by atoms with Gasteiger partial charge in [0, 0.05) is 25.3 Å². The maximum absolute atomic E-state index is 11.3. The predicted octanol–water partition coefficient (Wildman–Crippen LogP) is 2.37. The summed E-state index contributed by atoms with van der Waals surface area (Å²) in [5.74, 6) is 0.670. The van der Waals surface area contributed by atoms with Crippen molar-refractivity contribution in [1.82, 2.24) is 4.90 Å². The molecule has 1 aromatic carbocycles. The molecule has 1 heterocycles. The molecule has 0 unspecified atom stereocenters. The number of phenols is 1. The van der Waals surface area contributed by atoms with Crippen LogP contribution in [0.2, 0.25) is 0 Å². The molecule has 1 aliphatic rings. The van der Waals surface area contributed by atoms with E-state index in [2.05, 4.69) is 16.8 Å². The van der Waals surface area contributed by atoms with E-state index < -0.39 is 0 Å². The standard InChI is InChI=1S/C16H24N2O2/c1-12(19)15-5-4-14(10-16(15)20)18(3)11-13-6-8-17(2)9-7-13/h4-5,10,13,20H,6-9,11H2,1-3H3. The molecule has 1 saturated heterocycles. The third-order valence-corrected chi connectivity index (χ3v) is 4.17. The van der Waals surface area contributed by atoms with E-state index in [-0.39, 0.29) is 11.5 Å². The van der Waals surface area contributed by atoms with Gasteiger partial charge in [0.1, 0.15) is 5.75 Å². The molecule has 0 saturated carbocycles. The van der Waals surface area contributed by atoms with E-state index in [4.69, 9.17) is 0 Å². The largest absolute Gasteiger partial charge is 0.507 e. The fraction of sp³-hybridized carbons (Fsp3) is 0.562. The monoisotopic (exact) mass is 276 g/mol. The topological polar surface area (TPSA) is 43.8 Å². The Kier molecular flexibility index (Phi) is 4.65. The maximum Gasteiger partial charge on any atom is 0.163 e. The van der Waals surface area contributed by atoms with Crippen molar-refractivity contribution in [1.29, 1.82) is 0 Å². The molecule has 1 aliphatic heterocycles. The van der Waals surface area contributed by atoms with E-state index in [1.807, 2.05) is 13.1 Å². The Balaban J connectivity index is 2.00. The van der Waals surface area contributed by atoms with Crippen LogP contribution < -0.4 is 4.90 Å². The lowest BCUT2D eigenvalue weighted by Gasteiger charge is -2.32. The van der Waals surface area contributed by atoms with E-state index in [9.17, 15) is 9.90 Å². The lowest BCUT2D eigenvalue weighted by Crippen LogP contribution is -2.35. The van der Waals surface area contributed by atoms with E-state index in [1.165, 1.54) is 19.8 Å². The second-order valence-corrected chi connectivity index (χ2v) is 5.88. The van der Waals surface area contributed by atoms with Gasteiger partial charge in [-0.25, -0.2) is 0 Å². The van der Waals surface area contributed by atoms with Crippen molar-refractivity contribution in [3.8, 4) is 5.75 Å². The molecule has 2 rings (SSSR count). The van der Waals surface area contributed by atoms with Gasteiger partial charge in [0.05, 0.1) is 5.56 Å². The molecule has 0 aliphatic carbocycles. The third-order valence-electron chi connectivity index (χ3n) is 4.17. The van der Waals surface area contributed by atoms with Crippen LogP contribution in [0.1, 0.15) is 30.1 Å².